The van der Waals surface area contributed by atoms with Crippen molar-refractivity contribution in [1.29, 1.82) is 0 Å². The van der Waals surface area contributed by atoms with Crippen LogP contribution in [0.1, 0.15) is 10.4 Å². The van der Waals surface area contributed by atoms with Crippen LogP contribution in [-0.4, -0.2) is 23.5 Å². The molecular formula is C22H15FN2O4. The third-order valence-electron chi connectivity index (χ3n) is 4.17. The number of ether oxygens (including phenoxy) is 1. The molecule has 29 heavy (non-hydrogen) atoms. The first-order valence-corrected chi connectivity index (χ1v) is 8.76. The zero-order valence-electron chi connectivity index (χ0n) is 15.1. The fourth-order valence-corrected chi connectivity index (χ4v) is 2.83. The summed E-state index contributed by atoms with van der Waals surface area (Å²) in [7, 11) is 0. The van der Waals surface area contributed by atoms with Crippen molar-refractivity contribution in [3.63, 3.8) is 0 Å². The zero-order chi connectivity index (χ0) is 20.2. The van der Waals surface area contributed by atoms with E-state index in [0.717, 1.165) is 0 Å². The second-order valence-electron chi connectivity index (χ2n) is 6.18. The monoisotopic (exact) mass is 390 g/mol. The number of halogens is 1. The minimum atomic E-state index is -0.661. The molecule has 7 heteroatoms. The summed E-state index contributed by atoms with van der Waals surface area (Å²) in [5.74, 6) is -1.09. The normalized spacial score (nSPS) is 10.7. The van der Waals surface area contributed by atoms with Crippen LogP contribution in [0.15, 0.2) is 77.4 Å². The van der Waals surface area contributed by atoms with Gasteiger partial charge in [0.15, 0.2) is 12.4 Å². The van der Waals surface area contributed by atoms with Crippen molar-refractivity contribution in [2.45, 2.75) is 0 Å². The van der Waals surface area contributed by atoms with Gasteiger partial charge in [0.1, 0.15) is 11.5 Å². The summed E-state index contributed by atoms with van der Waals surface area (Å²) in [5.41, 5.74) is 1.76. The standard InChI is InChI=1S/C22H15FN2O4/c23-14-7-9-15(10-8-14)24-21(26)13-29-22(27)17-12-19(20-6-3-11-28-20)25-18-5-2-1-4-16(17)18/h1-12H,13H2,(H,24,26). The Hall–Kier alpha value is -4.00. The minimum Gasteiger partial charge on any atom is -0.463 e. The van der Waals surface area contributed by atoms with Gasteiger partial charge in [-0.25, -0.2) is 14.2 Å². The summed E-state index contributed by atoms with van der Waals surface area (Å²) in [6.45, 7) is -0.483. The van der Waals surface area contributed by atoms with Gasteiger partial charge < -0.3 is 14.5 Å². The molecule has 0 fully saturated rings. The van der Waals surface area contributed by atoms with Crippen LogP contribution in [0.2, 0.25) is 0 Å². The van der Waals surface area contributed by atoms with Gasteiger partial charge >= 0.3 is 5.97 Å². The Kier molecular flexibility index (Phi) is 5.03. The molecule has 2 aromatic heterocycles. The molecule has 0 saturated carbocycles. The minimum absolute atomic E-state index is 0.275. The van der Waals surface area contributed by atoms with E-state index in [4.69, 9.17) is 9.15 Å². The number of anilines is 1. The number of carbonyl (C=O) groups excluding carboxylic acids is 2. The number of furan rings is 1. The molecule has 0 saturated heterocycles. The number of carbonyl (C=O) groups is 2. The molecule has 4 aromatic rings. The average Bonchev–Trinajstić information content (AvgIpc) is 3.28. The molecule has 144 valence electrons. The van der Waals surface area contributed by atoms with Crippen LogP contribution in [0.5, 0.6) is 0 Å². The zero-order valence-corrected chi connectivity index (χ0v) is 15.1. The molecule has 0 bridgehead atoms. The summed E-state index contributed by atoms with van der Waals surface area (Å²) in [6, 6.07) is 17.4. The summed E-state index contributed by atoms with van der Waals surface area (Å²) < 4.78 is 23.5. The van der Waals surface area contributed by atoms with Gasteiger partial charge in [0.05, 0.1) is 17.3 Å². The van der Waals surface area contributed by atoms with Gasteiger partial charge in [-0.05, 0) is 48.5 Å². The first-order valence-electron chi connectivity index (χ1n) is 8.76. The number of nitrogens with zero attached hydrogens (tertiary/aromatic N) is 1. The second-order valence-corrected chi connectivity index (χ2v) is 6.18. The van der Waals surface area contributed by atoms with Crippen molar-refractivity contribution in [2.24, 2.45) is 0 Å². The number of nitrogens with one attached hydrogen (secondary N) is 1. The predicted molar refractivity (Wildman–Crippen MR) is 105 cm³/mol. The van der Waals surface area contributed by atoms with E-state index in [1.165, 1.54) is 30.5 Å². The average molecular weight is 390 g/mol. The van der Waals surface area contributed by atoms with Crippen molar-refractivity contribution < 1.29 is 23.1 Å². The van der Waals surface area contributed by atoms with E-state index < -0.39 is 24.3 Å². The number of amides is 1. The Bertz CT molecular complexity index is 1170. The van der Waals surface area contributed by atoms with Crippen molar-refractivity contribution in [2.75, 3.05) is 11.9 Å². The SMILES string of the molecule is O=C(COC(=O)c1cc(-c2ccco2)nc2ccccc12)Nc1ccc(F)cc1. The highest BCUT2D eigenvalue weighted by Crippen LogP contribution is 2.25. The number of rotatable bonds is 5. The van der Waals surface area contributed by atoms with Gasteiger partial charge in [0, 0.05) is 11.1 Å². The number of pyridine rings is 1. The van der Waals surface area contributed by atoms with E-state index in [-0.39, 0.29) is 5.56 Å². The van der Waals surface area contributed by atoms with E-state index >= 15 is 0 Å². The molecule has 0 unspecified atom stereocenters. The fourth-order valence-electron chi connectivity index (χ4n) is 2.83. The van der Waals surface area contributed by atoms with Crippen LogP contribution in [0.25, 0.3) is 22.4 Å². The Morgan fingerprint density at radius 2 is 1.83 bits per heavy atom. The number of fused-ring (bicyclic) bond motifs is 1. The highest BCUT2D eigenvalue weighted by molar-refractivity contribution is 6.05. The Balaban J connectivity index is 1.53. The number of para-hydroxylation sites is 1. The molecule has 0 spiro atoms. The number of aromatic nitrogens is 1. The third-order valence-corrected chi connectivity index (χ3v) is 4.17. The smallest absolute Gasteiger partial charge is 0.339 e. The number of hydrogen-bond acceptors (Lipinski definition) is 5. The number of hydrogen-bond donors (Lipinski definition) is 1. The van der Waals surface area contributed by atoms with E-state index in [9.17, 15) is 14.0 Å². The molecule has 1 amide bonds. The molecule has 2 heterocycles. The van der Waals surface area contributed by atoms with Gasteiger partial charge in [0.25, 0.3) is 5.91 Å². The lowest BCUT2D eigenvalue weighted by Gasteiger charge is -2.09. The van der Waals surface area contributed by atoms with Crippen LogP contribution in [0, 0.1) is 5.82 Å². The van der Waals surface area contributed by atoms with E-state index in [1.54, 1.807) is 36.4 Å². The van der Waals surface area contributed by atoms with Crippen molar-refractivity contribution in [3.05, 3.63) is 84.4 Å². The van der Waals surface area contributed by atoms with Gasteiger partial charge in [-0.3, -0.25) is 4.79 Å². The molecule has 6 nitrogen and oxygen atoms in total. The topological polar surface area (TPSA) is 81.4 Å². The van der Waals surface area contributed by atoms with E-state index in [2.05, 4.69) is 10.3 Å². The predicted octanol–water partition coefficient (Wildman–Crippen LogP) is 4.43. The molecule has 0 atom stereocenters. The maximum atomic E-state index is 12.9. The summed E-state index contributed by atoms with van der Waals surface area (Å²) >= 11 is 0. The van der Waals surface area contributed by atoms with Gasteiger partial charge in [-0.1, -0.05) is 18.2 Å². The second kappa shape index (κ2) is 7.93. The van der Waals surface area contributed by atoms with E-state index in [0.29, 0.717) is 28.0 Å². The molecule has 4 rings (SSSR count). The first-order chi connectivity index (χ1) is 14.1. The van der Waals surface area contributed by atoms with Gasteiger partial charge in [-0.15, -0.1) is 0 Å². The van der Waals surface area contributed by atoms with Crippen molar-refractivity contribution in [3.8, 4) is 11.5 Å². The summed E-state index contributed by atoms with van der Waals surface area (Å²) in [5, 5.41) is 3.14. The van der Waals surface area contributed by atoms with Crippen LogP contribution in [0.4, 0.5) is 10.1 Å². The number of esters is 1. The lowest BCUT2D eigenvalue weighted by molar-refractivity contribution is -0.119. The molecular weight excluding hydrogens is 375 g/mol. The van der Waals surface area contributed by atoms with E-state index in [1.807, 2.05) is 6.07 Å². The summed E-state index contributed by atoms with van der Waals surface area (Å²) in [4.78, 5) is 29.2. The quantitative estimate of drug-likeness (QED) is 0.510. The lowest BCUT2D eigenvalue weighted by Crippen LogP contribution is -2.21. The molecule has 2 aromatic carbocycles. The lowest BCUT2D eigenvalue weighted by atomic mass is 10.1. The Morgan fingerprint density at radius 1 is 1.03 bits per heavy atom. The Morgan fingerprint density at radius 3 is 2.59 bits per heavy atom. The fraction of sp³-hybridized carbons (Fsp3) is 0.0455. The van der Waals surface area contributed by atoms with Crippen LogP contribution < -0.4 is 5.32 Å². The molecule has 1 N–H and O–H groups in total. The molecule has 0 aliphatic rings. The molecule has 0 aliphatic carbocycles. The molecule has 0 radical (unpaired) electrons. The molecule has 0 aliphatic heterocycles. The van der Waals surface area contributed by atoms with Crippen LogP contribution in [0.3, 0.4) is 0 Å². The van der Waals surface area contributed by atoms with Gasteiger partial charge in [-0.2, -0.15) is 0 Å². The number of benzene rings is 2. The van der Waals surface area contributed by atoms with Crippen molar-refractivity contribution >= 4 is 28.5 Å². The third kappa shape index (κ3) is 4.14. The van der Waals surface area contributed by atoms with Crippen molar-refractivity contribution in [1.82, 2.24) is 4.98 Å². The van der Waals surface area contributed by atoms with Crippen LogP contribution >= 0.6 is 0 Å². The summed E-state index contributed by atoms with van der Waals surface area (Å²) in [6.07, 6.45) is 1.52. The highest BCUT2D eigenvalue weighted by atomic mass is 19.1. The maximum Gasteiger partial charge on any atom is 0.339 e. The first kappa shape index (κ1) is 18.4. The maximum absolute atomic E-state index is 12.9. The largest absolute Gasteiger partial charge is 0.463 e. The van der Waals surface area contributed by atoms with Crippen LogP contribution in [-0.2, 0) is 9.53 Å². The Labute approximate surface area is 164 Å². The highest BCUT2D eigenvalue weighted by Gasteiger charge is 2.17. The van der Waals surface area contributed by atoms with Gasteiger partial charge in [0.2, 0.25) is 0 Å².